The minimum Gasteiger partial charge on any atom is -0.462 e. The molecule has 0 fully saturated rings. The number of hydrogen-bond acceptors (Lipinski definition) is 5. The van der Waals surface area contributed by atoms with Crippen molar-refractivity contribution in [3.63, 3.8) is 0 Å². The zero-order chi connectivity index (χ0) is 12.5. The molecule has 1 aromatic rings. The van der Waals surface area contributed by atoms with E-state index in [-0.39, 0.29) is 5.97 Å². The first kappa shape index (κ1) is 13.4. The van der Waals surface area contributed by atoms with E-state index < -0.39 is 0 Å². The van der Waals surface area contributed by atoms with E-state index in [0.717, 1.165) is 5.82 Å². The summed E-state index contributed by atoms with van der Waals surface area (Å²) >= 11 is 0. The number of ether oxygens (including phenoxy) is 2. The van der Waals surface area contributed by atoms with E-state index in [1.165, 1.54) is 6.20 Å². The van der Waals surface area contributed by atoms with E-state index in [1.54, 1.807) is 19.1 Å². The Morgan fingerprint density at radius 3 is 2.76 bits per heavy atom. The van der Waals surface area contributed by atoms with Crippen LogP contribution >= 0.6 is 0 Å². The van der Waals surface area contributed by atoms with Crippen LogP contribution in [0, 0.1) is 0 Å². The summed E-state index contributed by atoms with van der Waals surface area (Å²) in [5.41, 5.74) is 0.460. The second kappa shape index (κ2) is 7.62. The van der Waals surface area contributed by atoms with Crippen molar-refractivity contribution in [1.29, 1.82) is 0 Å². The van der Waals surface area contributed by atoms with Crippen molar-refractivity contribution >= 4 is 11.8 Å². The molecule has 1 aromatic heterocycles. The smallest absolute Gasteiger partial charge is 0.339 e. The number of carbonyl (C=O) groups is 1. The molecule has 5 nitrogen and oxygen atoms in total. The molecule has 0 spiro atoms. The van der Waals surface area contributed by atoms with Crippen molar-refractivity contribution in [2.75, 3.05) is 31.7 Å². The number of pyridine rings is 1. The fourth-order valence-corrected chi connectivity index (χ4v) is 1.23. The molecule has 17 heavy (non-hydrogen) atoms. The van der Waals surface area contributed by atoms with Crippen LogP contribution in [-0.2, 0) is 9.47 Å². The second-order valence-electron chi connectivity index (χ2n) is 3.28. The average molecular weight is 238 g/mol. The zero-order valence-corrected chi connectivity index (χ0v) is 10.2. The number of carbonyl (C=O) groups excluding carboxylic acids is 1. The molecule has 0 unspecified atom stereocenters. The summed E-state index contributed by atoms with van der Waals surface area (Å²) < 4.78 is 10.0. The third-order valence-corrected chi connectivity index (χ3v) is 2.03. The maximum atomic E-state index is 11.4. The molecule has 0 aliphatic carbocycles. The molecule has 1 rings (SSSR count). The molecule has 0 radical (unpaired) electrons. The fraction of sp³-hybridized carbons (Fsp3) is 0.500. The third kappa shape index (κ3) is 4.82. The molecular formula is C12H18N2O3. The number of aromatic nitrogens is 1. The molecule has 1 N–H and O–H groups in total. The van der Waals surface area contributed by atoms with Crippen molar-refractivity contribution in [3.05, 3.63) is 23.9 Å². The lowest BCUT2D eigenvalue weighted by Crippen LogP contribution is -2.11. The van der Waals surface area contributed by atoms with Crippen LogP contribution in [0.25, 0.3) is 0 Å². The minimum absolute atomic E-state index is 0.346. The van der Waals surface area contributed by atoms with Crippen LogP contribution in [0.1, 0.15) is 24.2 Å². The van der Waals surface area contributed by atoms with E-state index >= 15 is 0 Å². The standard InChI is InChI=1S/C12H18N2O3/c1-3-16-8-7-13-11-6-5-10(9-14-11)12(15)17-4-2/h5-6,9H,3-4,7-8H2,1-2H3,(H,13,14). The zero-order valence-electron chi connectivity index (χ0n) is 10.2. The lowest BCUT2D eigenvalue weighted by Gasteiger charge is -2.06. The molecular weight excluding hydrogens is 220 g/mol. The number of anilines is 1. The Hall–Kier alpha value is -1.62. The van der Waals surface area contributed by atoms with Gasteiger partial charge in [0.05, 0.1) is 18.8 Å². The third-order valence-electron chi connectivity index (χ3n) is 2.03. The van der Waals surface area contributed by atoms with Gasteiger partial charge in [-0.3, -0.25) is 0 Å². The van der Waals surface area contributed by atoms with E-state index in [9.17, 15) is 4.79 Å². The van der Waals surface area contributed by atoms with Gasteiger partial charge in [-0.15, -0.1) is 0 Å². The monoisotopic (exact) mass is 238 g/mol. The summed E-state index contributed by atoms with van der Waals surface area (Å²) in [6, 6.07) is 3.44. The molecule has 1 heterocycles. The van der Waals surface area contributed by atoms with Gasteiger partial charge in [-0.1, -0.05) is 0 Å². The predicted molar refractivity (Wildman–Crippen MR) is 65.2 cm³/mol. The first-order chi connectivity index (χ1) is 8.27. The SMILES string of the molecule is CCOCCNc1ccc(C(=O)OCC)cn1. The molecule has 0 saturated heterocycles. The van der Waals surface area contributed by atoms with Crippen molar-refractivity contribution in [2.45, 2.75) is 13.8 Å². The summed E-state index contributed by atoms with van der Waals surface area (Å²) in [6.45, 7) is 6.13. The molecule has 94 valence electrons. The summed E-state index contributed by atoms with van der Waals surface area (Å²) in [6.07, 6.45) is 1.50. The van der Waals surface area contributed by atoms with Gasteiger partial charge in [0, 0.05) is 19.3 Å². The van der Waals surface area contributed by atoms with Crippen LogP contribution in [0.2, 0.25) is 0 Å². The quantitative estimate of drug-likeness (QED) is 0.578. The topological polar surface area (TPSA) is 60.5 Å². The lowest BCUT2D eigenvalue weighted by molar-refractivity contribution is 0.0526. The van der Waals surface area contributed by atoms with Gasteiger partial charge < -0.3 is 14.8 Å². The second-order valence-corrected chi connectivity index (χ2v) is 3.28. The van der Waals surface area contributed by atoms with Crippen LogP contribution in [0.3, 0.4) is 0 Å². The maximum absolute atomic E-state index is 11.4. The Bertz CT molecular complexity index is 338. The Kier molecular flexibility index (Phi) is 6.03. The highest BCUT2D eigenvalue weighted by Crippen LogP contribution is 2.06. The Morgan fingerprint density at radius 1 is 1.35 bits per heavy atom. The van der Waals surface area contributed by atoms with E-state index in [2.05, 4.69) is 10.3 Å². The van der Waals surface area contributed by atoms with Gasteiger partial charge in [-0.2, -0.15) is 0 Å². The summed E-state index contributed by atoms with van der Waals surface area (Å²) in [5.74, 6) is 0.374. The Labute approximate surface area is 101 Å². The Morgan fingerprint density at radius 2 is 2.18 bits per heavy atom. The van der Waals surface area contributed by atoms with Crippen molar-refractivity contribution in [1.82, 2.24) is 4.98 Å². The number of esters is 1. The first-order valence-electron chi connectivity index (χ1n) is 5.72. The van der Waals surface area contributed by atoms with Crippen molar-refractivity contribution < 1.29 is 14.3 Å². The molecule has 0 bridgehead atoms. The highest BCUT2D eigenvalue weighted by atomic mass is 16.5. The summed E-state index contributed by atoms with van der Waals surface area (Å²) in [4.78, 5) is 15.5. The van der Waals surface area contributed by atoms with Crippen LogP contribution in [0.5, 0.6) is 0 Å². The molecule has 0 saturated carbocycles. The number of hydrogen-bond donors (Lipinski definition) is 1. The minimum atomic E-state index is -0.346. The van der Waals surface area contributed by atoms with E-state index in [1.807, 2.05) is 6.92 Å². The highest BCUT2D eigenvalue weighted by Gasteiger charge is 2.05. The van der Waals surface area contributed by atoms with Gasteiger partial charge in [0.25, 0.3) is 0 Å². The van der Waals surface area contributed by atoms with E-state index in [4.69, 9.17) is 9.47 Å². The van der Waals surface area contributed by atoms with Gasteiger partial charge in [0.15, 0.2) is 0 Å². The first-order valence-corrected chi connectivity index (χ1v) is 5.72. The van der Waals surface area contributed by atoms with Gasteiger partial charge in [-0.25, -0.2) is 9.78 Å². The van der Waals surface area contributed by atoms with Crippen molar-refractivity contribution in [3.8, 4) is 0 Å². The number of nitrogens with one attached hydrogen (secondary N) is 1. The van der Waals surface area contributed by atoms with Crippen LogP contribution in [0.4, 0.5) is 5.82 Å². The molecule has 0 aliphatic rings. The van der Waals surface area contributed by atoms with Gasteiger partial charge in [-0.05, 0) is 26.0 Å². The van der Waals surface area contributed by atoms with Crippen LogP contribution in [-0.4, -0.2) is 37.3 Å². The predicted octanol–water partition coefficient (Wildman–Crippen LogP) is 1.71. The molecule has 0 amide bonds. The highest BCUT2D eigenvalue weighted by molar-refractivity contribution is 5.89. The van der Waals surface area contributed by atoms with Gasteiger partial charge >= 0.3 is 5.97 Å². The molecule has 0 aromatic carbocycles. The van der Waals surface area contributed by atoms with E-state index in [0.29, 0.717) is 31.9 Å². The number of rotatable bonds is 7. The van der Waals surface area contributed by atoms with Crippen molar-refractivity contribution in [2.24, 2.45) is 0 Å². The van der Waals surface area contributed by atoms with Crippen LogP contribution in [0.15, 0.2) is 18.3 Å². The lowest BCUT2D eigenvalue weighted by atomic mass is 10.3. The van der Waals surface area contributed by atoms with Gasteiger partial charge in [0.1, 0.15) is 5.82 Å². The maximum Gasteiger partial charge on any atom is 0.339 e. The summed E-state index contributed by atoms with van der Waals surface area (Å²) in [5, 5.41) is 3.09. The fourth-order valence-electron chi connectivity index (χ4n) is 1.23. The summed E-state index contributed by atoms with van der Waals surface area (Å²) in [7, 11) is 0. The number of nitrogens with zero attached hydrogens (tertiary/aromatic N) is 1. The molecule has 0 aliphatic heterocycles. The van der Waals surface area contributed by atoms with Gasteiger partial charge in [0.2, 0.25) is 0 Å². The molecule has 0 atom stereocenters. The largest absolute Gasteiger partial charge is 0.462 e. The molecule has 5 heteroatoms. The normalized spacial score (nSPS) is 10.0. The van der Waals surface area contributed by atoms with Crippen LogP contribution < -0.4 is 5.32 Å². The average Bonchev–Trinajstić information content (AvgIpc) is 2.36. The Balaban J connectivity index is 2.42.